The molecule has 100 valence electrons. The van der Waals surface area contributed by atoms with E-state index in [0.717, 1.165) is 31.5 Å². The second-order valence-electron chi connectivity index (χ2n) is 4.74. The highest BCUT2D eigenvalue weighted by atomic mass is 19.1. The van der Waals surface area contributed by atoms with Gasteiger partial charge in [0.05, 0.1) is 12.2 Å². The minimum Gasteiger partial charge on any atom is -0.392 e. The molecule has 1 fully saturated rings. The molecule has 1 heterocycles. The zero-order valence-electron chi connectivity index (χ0n) is 10.0. The average molecular weight is 257 g/mol. The van der Waals surface area contributed by atoms with E-state index in [9.17, 15) is 19.0 Å². The zero-order valence-corrected chi connectivity index (χ0v) is 10.0. The van der Waals surface area contributed by atoms with Crippen molar-refractivity contribution < 1.29 is 19.0 Å². The molecule has 1 aliphatic heterocycles. The lowest BCUT2D eigenvalue weighted by atomic mass is 10.0. The first-order valence-electron chi connectivity index (χ1n) is 6.09. The van der Waals surface area contributed by atoms with Gasteiger partial charge in [-0.15, -0.1) is 0 Å². The van der Waals surface area contributed by atoms with Crippen molar-refractivity contribution in [3.8, 4) is 0 Å². The van der Waals surface area contributed by atoms with Crippen LogP contribution in [-0.4, -0.2) is 40.9 Å². The predicted molar refractivity (Wildman–Crippen MR) is 63.0 cm³/mol. The van der Waals surface area contributed by atoms with Crippen LogP contribution in [0.4, 0.5) is 8.78 Å². The van der Waals surface area contributed by atoms with Crippen LogP contribution in [-0.2, 0) is 0 Å². The highest BCUT2D eigenvalue weighted by Gasteiger charge is 2.22. The summed E-state index contributed by atoms with van der Waals surface area (Å²) in [6.07, 6.45) is 0.233. The van der Waals surface area contributed by atoms with Crippen LogP contribution in [0.1, 0.15) is 24.5 Å². The van der Waals surface area contributed by atoms with E-state index in [4.69, 9.17) is 0 Å². The molecule has 0 saturated carbocycles. The molecule has 1 saturated heterocycles. The van der Waals surface area contributed by atoms with Gasteiger partial charge in [0.2, 0.25) is 0 Å². The number of piperidine rings is 1. The third-order valence-corrected chi connectivity index (χ3v) is 3.23. The molecular formula is C13H17F2NO2. The fraction of sp³-hybridized carbons (Fsp3) is 0.538. The Hall–Kier alpha value is -1.04. The molecule has 2 N–H and O–H groups in total. The lowest BCUT2D eigenvalue weighted by Crippen LogP contribution is -2.40. The first-order valence-corrected chi connectivity index (χ1v) is 6.09. The van der Waals surface area contributed by atoms with Gasteiger partial charge in [-0.05, 0) is 25.5 Å². The number of likely N-dealkylation sites (tertiary alicyclic amines) is 1. The maximum atomic E-state index is 13.5. The van der Waals surface area contributed by atoms with Crippen molar-refractivity contribution in [3.05, 3.63) is 35.4 Å². The van der Waals surface area contributed by atoms with Crippen molar-refractivity contribution in [1.29, 1.82) is 0 Å². The Bertz CT molecular complexity index is 414. The van der Waals surface area contributed by atoms with Crippen molar-refractivity contribution in [3.63, 3.8) is 0 Å². The van der Waals surface area contributed by atoms with E-state index in [0.29, 0.717) is 6.54 Å². The molecule has 0 amide bonds. The second-order valence-corrected chi connectivity index (χ2v) is 4.74. The third kappa shape index (κ3) is 3.25. The van der Waals surface area contributed by atoms with Crippen molar-refractivity contribution in [2.75, 3.05) is 19.6 Å². The molecule has 3 nitrogen and oxygen atoms in total. The number of aliphatic hydroxyl groups excluding tert-OH is 2. The van der Waals surface area contributed by atoms with Crippen molar-refractivity contribution in [1.82, 2.24) is 4.90 Å². The van der Waals surface area contributed by atoms with Crippen LogP contribution in [0, 0.1) is 11.6 Å². The summed E-state index contributed by atoms with van der Waals surface area (Å²) in [5, 5.41) is 19.5. The van der Waals surface area contributed by atoms with Crippen LogP contribution in [0.15, 0.2) is 18.2 Å². The normalized spacial score (nSPS) is 23.0. The largest absolute Gasteiger partial charge is 0.392 e. The lowest BCUT2D eigenvalue weighted by Gasteiger charge is -2.31. The van der Waals surface area contributed by atoms with E-state index >= 15 is 0 Å². The minimum atomic E-state index is -1.00. The van der Waals surface area contributed by atoms with Gasteiger partial charge in [0, 0.05) is 24.7 Å². The van der Waals surface area contributed by atoms with E-state index in [1.54, 1.807) is 0 Å². The van der Waals surface area contributed by atoms with E-state index < -0.39 is 17.7 Å². The third-order valence-electron chi connectivity index (χ3n) is 3.23. The predicted octanol–water partition coefficient (Wildman–Crippen LogP) is 1.45. The van der Waals surface area contributed by atoms with Gasteiger partial charge in [-0.1, -0.05) is 6.07 Å². The van der Waals surface area contributed by atoms with Gasteiger partial charge in [-0.3, -0.25) is 4.90 Å². The number of hydrogen-bond acceptors (Lipinski definition) is 3. The average Bonchev–Trinajstić information content (AvgIpc) is 2.28. The Kier molecular flexibility index (Phi) is 4.27. The summed E-state index contributed by atoms with van der Waals surface area (Å²) in [6.45, 7) is 1.51. The van der Waals surface area contributed by atoms with Crippen molar-refractivity contribution >= 4 is 0 Å². The van der Waals surface area contributed by atoms with Gasteiger partial charge in [0.25, 0.3) is 0 Å². The Balaban J connectivity index is 2.00. The molecule has 2 rings (SSSR count). The number of benzene rings is 1. The van der Waals surface area contributed by atoms with Gasteiger partial charge in [-0.25, -0.2) is 8.78 Å². The number of nitrogens with zero attached hydrogens (tertiary/aromatic N) is 1. The van der Waals surface area contributed by atoms with Gasteiger partial charge in [0.15, 0.2) is 0 Å². The molecule has 1 aromatic carbocycles. The van der Waals surface area contributed by atoms with Crippen LogP contribution in [0.3, 0.4) is 0 Å². The molecule has 1 aromatic rings. The Morgan fingerprint density at radius 2 is 2.17 bits per heavy atom. The van der Waals surface area contributed by atoms with Crippen LogP contribution >= 0.6 is 0 Å². The smallest absolute Gasteiger partial charge is 0.131 e. The van der Waals surface area contributed by atoms with E-state index in [2.05, 4.69) is 0 Å². The van der Waals surface area contributed by atoms with Gasteiger partial charge in [0.1, 0.15) is 11.6 Å². The van der Waals surface area contributed by atoms with Crippen LogP contribution < -0.4 is 0 Å². The number of aliphatic hydroxyl groups is 2. The summed E-state index contributed by atoms with van der Waals surface area (Å²) in [7, 11) is 0. The Morgan fingerprint density at radius 3 is 2.83 bits per heavy atom. The van der Waals surface area contributed by atoms with E-state index in [1.165, 1.54) is 6.07 Å². The maximum Gasteiger partial charge on any atom is 0.131 e. The maximum absolute atomic E-state index is 13.5. The molecule has 5 heteroatoms. The van der Waals surface area contributed by atoms with E-state index in [-0.39, 0.29) is 18.2 Å². The SMILES string of the molecule is OC1CCCN(CC(O)c2ccc(F)cc2F)C1. The van der Waals surface area contributed by atoms with Crippen LogP contribution in [0.5, 0.6) is 0 Å². The minimum absolute atomic E-state index is 0.0939. The van der Waals surface area contributed by atoms with Crippen LogP contribution in [0.25, 0.3) is 0 Å². The molecule has 2 unspecified atom stereocenters. The fourth-order valence-electron chi connectivity index (χ4n) is 2.31. The highest BCUT2D eigenvalue weighted by Crippen LogP contribution is 2.20. The highest BCUT2D eigenvalue weighted by molar-refractivity contribution is 5.21. The molecule has 18 heavy (non-hydrogen) atoms. The summed E-state index contributed by atoms with van der Waals surface area (Å²) < 4.78 is 26.2. The molecular weight excluding hydrogens is 240 g/mol. The Morgan fingerprint density at radius 1 is 1.39 bits per heavy atom. The lowest BCUT2D eigenvalue weighted by molar-refractivity contribution is 0.0383. The number of β-amino-alcohol motifs (C(OH)–C–C–N with tert-alkyl or cyclic N) is 2. The monoisotopic (exact) mass is 257 g/mol. The van der Waals surface area contributed by atoms with Crippen LogP contribution in [0.2, 0.25) is 0 Å². The Labute approximate surface area is 105 Å². The van der Waals surface area contributed by atoms with E-state index in [1.807, 2.05) is 4.90 Å². The van der Waals surface area contributed by atoms with Gasteiger partial charge >= 0.3 is 0 Å². The molecule has 0 bridgehead atoms. The first-order chi connectivity index (χ1) is 8.56. The van der Waals surface area contributed by atoms with Crippen molar-refractivity contribution in [2.45, 2.75) is 25.0 Å². The molecule has 0 aliphatic carbocycles. The van der Waals surface area contributed by atoms with Crippen molar-refractivity contribution in [2.24, 2.45) is 0 Å². The zero-order chi connectivity index (χ0) is 13.1. The molecule has 0 radical (unpaired) electrons. The second kappa shape index (κ2) is 5.73. The summed E-state index contributed by atoms with van der Waals surface area (Å²) in [5.74, 6) is -1.39. The molecule has 0 spiro atoms. The molecule has 2 atom stereocenters. The first kappa shape index (κ1) is 13.4. The van der Waals surface area contributed by atoms with Gasteiger partial charge < -0.3 is 10.2 Å². The quantitative estimate of drug-likeness (QED) is 0.861. The van der Waals surface area contributed by atoms with Gasteiger partial charge in [-0.2, -0.15) is 0 Å². The number of hydrogen-bond donors (Lipinski definition) is 2. The summed E-state index contributed by atoms with van der Waals surface area (Å²) >= 11 is 0. The number of rotatable bonds is 3. The summed E-state index contributed by atoms with van der Waals surface area (Å²) in [4.78, 5) is 1.89. The number of halogens is 2. The summed E-state index contributed by atoms with van der Waals surface area (Å²) in [5.41, 5.74) is 0.0939. The standard InChI is InChI=1S/C13H17F2NO2/c14-9-3-4-11(12(15)6-9)13(18)8-16-5-1-2-10(17)7-16/h3-4,6,10,13,17-18H,1-2,5,7-8H2. The molecule has 1 aliphatic rings. The molecule has 0 aromatic heterocycles. The fourth-order valence-corrected chi connectivity index (χ4v) is 2.31. The topological polar surface area (TPSA) is 43.7 Å². The summed E-state index contributed by atoms with van der Waals surface area (Å²) in [6, 6.07) is 3.16.